The van der Waals surface area contributed by atoms with Gasteiger partial charge in [-0.2, -0.15) is 0 Å². The fourth-order valence-electron chi connectivity index (χ4n) is 2.12. The van der Waals surface area contributed by atoms with E-state index in [0.29, 0.717) is 5.41 Å². The number of rotatable bonds is 5. The van der Waals surface area contributed by atoms with E-state index in [4.69, 9.17) is 0 Å². The number of hydrogen-bond donors (Lipinski definition) is 1. The molecule has 1 aliphatic rings. The number of hydrogen-bond acceptors (Lipinski definition) is 1. The van der Waals surface area contributed by atoms with Gasteiger partial charge in [-0.15, -0.1) is 0 Å². The highest BCUT2D eigenvalue weighted by atomic mass is 14.8. The van der Waals surface area contributed by atoms with E-state index in [0.717, 1.165) is 0 Å². The zero-order valence-electron chi connectivity index (χ0n) is 7.95. The first-order chi connectivity index (χ1) is 5.33. The average molecular weight is 155 g/mol. The molecule has 0 spiro atoms. The lowest BCUT2D eigenvalue weighted by atomic mass is 9.66. The van der Waals surface area contributed by atoms with Gasteiger partial charge in [0.1, 0.15) is 0 Å². The Morgan fingerprint density at radius 3 is 2.45 bits per heavy atom. The third-order valence-corrected chi connectivity index (χ3v) is 3.03. The molecule has 0 radical (unpaired) electrons. The van der Waals surface area contributed by atoms with Crippen LogP contribution in [0.3, 0.4) is 0 Å². The normalized spacial score (nSPS) is 21.3. The summed E-state index contributed by atoms with van der Waals surface area (Å²) in [7, 11) is 2.08. The average Bonchev–Trinajstić information content (AvgIpc) is 1.95. The van der Waals surface area contributed by atoms with Gasteiger partial charge in [-0.25, -0.2) is 0 Å². The molecule has 66 valence electrons. The van der Waals surface area contributed by atoms with Gasteiger partial charge in [0.25, 0.3) is 0 Å². The van der Waals surface area contributed by atoms with Crippen LogP contribution in [0.5, 0.6) is 0 Å². The van der Waals surface area contributed by atoms with Crippen LogP contribution in [-0.4, -0.2) is 13.6 Å². The Morgan fingerprint density at radius 2 is 2.09 bits per heavy atom. The van der Waals surface area contributed by atoms with Crippen molar-refractivity contribution in [3.8, 4) is 0 Å². The predicted octanol–water partition coefficient (Wildman–Crippen LogP) is 2.57. The molecule has 1 rings (SSSR count). The van der Waals surface area contributed by atoms with Crippen molar-refractivity contribution in [1.29, 1.82) is 0 Å². The quantitative estimate of drug-likeness (QED) is 0.643. The SMILES string of the molecule is CCCCC1(CNC)CCC1. The molecule has 0 aromatic heterocycles. The fraction of sp³-hybridized carbons (Fsp3) is 1.00. The lowest BCUT2D eigenvalue weighted by Gasteiger charge is -2.42. The first-order valence-electron chi connectivity index (χ1n) is 4.97. The summed E-state index contributed by atoms with van der Waals surface area (Å²) in [6.45, 7) is 3.53. The molecule has 0 heterocycles. The fourth-order valence-corrected chi connectivity index (χ4v) is 2.12. The minimum Gasteiger partial charge on any atom is -0.319 e. The van der Waals surface area contributed by atoms with Gasteiger partial charge in [0, 0.05) is 6.54 Å². The second-order valence-electron chi connectivity index (χ2n) is 3.99. The van der Waals surface area contributed by atoms with Gasteiger partial charge in [-0.1, -0.05) is 26.2 Å². The van der Waals surface area contributed by atoms with E-state index in [1.807, 2.05) is 0 Å². The maximum Gasteiger partial charge on any atom is 0.000480 e. The van der Waals surface area contributed by atoms with Crippen molar-refractivity contribution in [2.75, 3.05) is 13.6 Å². The molecule has 0 aromatic rings. The first kappa shape index (κ1) is 9.05. The molecule has 1 aliphatic carbocycles. The van der Waals surface area contributed by atoms with Gasteiger partial charge < -0.3 is 5.32 Å². The number of nitrogens with one attached hydrogen (secondary N) is 1. The molecule has 0 aromatic carbocycles. The van der Waals surface area contributed by atoms with Gasteiger partial charge in [0.2, 0.25) is 0 Å². The highest BCUT2D eigenvalue weighted by Crippen LogP contribution is 2.44. The monoisotopic (exact) mass is 155 g/mol. The molecule has 0 bridgehead atoms. The lowest BCUT2D eigenvalue weighted by Crippen LogP contribution is -2.38. The molecular weight excluding hydrogens is 134 g/mol. The topological polar surface area (TPSA) is 12.0 Å². The third-order valence-electron chi connectivity index (χ3n) is 3.03. The Labute approximate surface area is 70.6 Å². The van der Waals surface area contributed by atoms with Crippen LogP contribution in [0.15, 0.2) is 0 Å². The molecular formula is C10H21N. The molecule has 0 saturated heterocycles. The molecule has 1 nitrogen and oxygen atoms in total. The molecule has 0 atom stereocenters. The highest BCUT2D eigenvalue weighted by molar-refractivity contribution is 4.88. The second kappa shape index (κ2) is 4.10. The number of unbranched alkanes of at least 4 members (excludes halogenated alkanes) is 1. The molecule has 11 heavy (non-hydrogen) atoms. The van der Waals surface area contributed by atoms with Crippen LogP contribution in [0, 0.1) is 5.41 Å². The van der Waals surface area contributed by atoms with Gasteiger partial charge in [-0.05, 0) is 31.7 Å². The second-order valence-corrected chi connectivity index (χ2v) is 3.99. The van der Waals surface area contributed by atoms with E-state index in [2.05, 4.69) is 19.3 Å². The molecule has 1 heteroatoms. The van der Waals surface area contributed by atoms with E-state index in [9.17, 15) is 0 Å². The first-order valence-corrected chi connectivity index (χ1v) is 4.97. The predicted molar refractivity (Wildman–Crippen MR) is 49.7 cm³/mol. The van der Waals surface area contributed by atoms with E-state index in [-0.39, 0.29) is 0 Å². The van der Waals surface area contributed by atoms with E-state index in [1.165, 1.54) is 45.1 Å². The maximum atomic E-state index is 3.32. The maximum absolute atomic E-state index is 3.32. The van der Waals surface area contributed by atoms with Gasteiger partial charge in [0.05, 0.1) is 0 Å². The zero-order valence-corrected chi connectivity index (χ0v) is 7.95. The zero-order chi connectivity index (χ0) is 8.16. The van der Waals surface area contributed by atoms with Crippen LogP contribution in [-0.2, 0) is 0 Å². The Balaban J connectivity index is 2.22. The molecule has 1 fully saturated rings. The van der Waals surface area contributed by atoms with Crippen molar-refractivity contribution in [2.45, 2.75) is 45.4 Å². The smallest absolute Gasteiger partial charge is 0.000480 e. The lowest BCUT2D eigenvalue weighted by molar-refractivity contribution is 0.116. The van der Waals surface area contributed by atoms with E-state index >= 15 is 0 Å². The summed E-state index contributed by atoms with van der Waals surface area (Å²) in [6.07, 6.45) is 8.62. The van der Waals surface area contributed by atoms with E-state index < -0.39 is 0 Å². The van der Waals surface area contributed by atoms with E-state index in [1.54, 1.807) is 0 Å². The molecule has 1 N–H and O–H groups in total. The largest absolute Gasteiger partial charge is 0.319 e. The summed E-state index contributed by atoms with van der Waals surface area (Å²) in [5.74, 6) is 0. The molecule has 0 aliphatic heterocycles. The van der Waals surface area contributed by atoms with Crippen molar-refractivity contribution >= 4 is 0 Å². The Kier molecular flexibility index (Phi) is 3.38. The van der Waals surface area contributed by atoms with Crippen LogP contribution in [0.25, 0.3) is 0 Å². The summed E-state index contributed by atoms with van der Waals surface area (Å²) in [5.41, 5.74) is 0.713. The summed E-state index contributed by atoms with van der Waals surface area (Å²) >= 11 is 0. The van der Waals surface area contributed by atoms with Crippen LogP contribution >= 0.6 is 0 Å². The van der Waals surface area contributed by atoms with Gasteiger partial charge in [-0.3, -0.25) is 0 Å². The van der Waals surface area contributed by atoms with Crippen LogP contribution in [0.4, 0.5) is 0 Å². The van der Waals surface area contributed by atoms with Crippen LogP contribution < -0.4 is 5.32 Å². The third kappa shape index (κ3) is 2.19. The van der Waals surface area contributed by atoms with Crippen molar-refractivity contribution in [3.05, 3.63) is 0 Å². The van der Waals surface area contributed by atoms with Gasteiger partial charge >= 0.3 is 0 Å². The minimum atomic E-state index is 0.713. The minimum absolute atomic E-state index is 0.713. The van der Waals surface area contributed by atoms with Crippen molar-refractivity contribution in [1.82, 2.24) is 5.32 Å². The van der Waals surface area contributed by atoms with Crippen LogP contribution in [0.1, 0.15) is 45.4 Å². The Bertz CT molecular complexity index is 105. The Hall–Kier alpha value is -0.0400. The summed E-state index contributed by atoms with van der Waals surface area (Å²) in [5, 5.41) is 3.32. The molecule has 0 unspecified atom stereocenters. The Morgan fingerprint density at radius 1 is 1.36 bits per heavy atom. The van der Waals surface area contributed by atoms with Crippen molar-refractivity contribution < 1.29 is 0 Å². The van der Waals surface area contributed by atoms with Crippen LogP contribution in [0.2, 0.25) is 0 Å². The standard InChI is InChI=1S/C10H21N/c1-3-4-6-10(9-11-2)7-5-8-10/h11H,3-9H2,1-2H3. The molecule has 1 saturated carbocycles. The van der Waals surface area contributed by atoms with Gasteiger partial charge in [0.15, 0.2) is 0 Å². The highest BCUT2D eigenvalue weighted by Gasteiger charge is 2.34. The van der Waals surface area contributed by atoms with Crippen molar-refractivity contribution in [3.63, 3.8) is 0 Å². The summed E-state index contributed by atoms with van der Waals surface area (Å²) in [6, 6.07) is 0. The molecule has 0 amide bonds. The van der Waals surface area contributed by atoms with Crippen molar-refractivity contribution in [2.24, 2.45) is 5.41 Å². The summed E-state index contributed by atoms with van der Waals surface area (Å²) in [4.78, 5) is 0. The summed E-state index contributed by atoms with van der Waals surface area (Å²) < 4.78 is 0.